The molecule has 0 spiro atoms. The molecule has 116 valence electrons. The number of carboxylic acids is 1. The van der Waals surface area contributed by atoms with Crippen LogP contribution in [0.4, 0.5) is 0 Å². The number of rotatable bonds is 2. The normalized spacial score (nSPS) is 22.1. The summed E-state index contributed by atoms with van der Waals surface area (Å²) in [7, 11) is 0. The average molecular weight is 298 g/mol. The van der Waals surface area contributed by atoms with Crippen LogP contribution in [-0.4, -0.2) is 40.1 Å². The molecule has 1 fully saturated rings. The number of aromatic carboxylic acids is 1. The number of hydrogen-bond acceptors (Lipinski definition) is 2. The Bertz CT molecular complexity index is 741. The first-order valence-corrected chi connectivity index (χ1v) is 8.25. The highest BCUT2D eigenvalue weighted by Crippen LogP contribution is 2.32. The minimum atomic E-state index is -0.837. The molecule has 2 aromatic rings. The zero-order valence-corrected chi connectivity index (χ0v) is 13.0. The number of aromatic nitrogens is 1. The van der Waals surface area contributed by atoms with Crippen LogP contribution in [0.5, 0.6) is 0 Å². The molecule has 0 saturated carbocycles. The monoisotopic (exact) mass is 298 g/mol. The van der Waals surface area contributed by atoms with Gasteiger partial charge < -0.3 is 15.0 Å². The first-order valence-electron chi connectivity index (χ1n) is 8.25. The second-order valence-electron chi connectivity index (χ2n) is 6.74. The maximum absolute atomic E-state index is 11.5. The number of carbonyl (C=O) groups is 1. The summed E-state index contributed by atoms with van der Waals surface area (Å²) in [5.41, 5.74) is 4.88. The second kappa shape index (κ2) is 5.13. The Hall–Kier alpha value is -1.81. The summed E-state index contributed by atoms with van der Waals surface area (Å²) < 4.78 is 0. The fourth-order valence-electron chi connectivity index (χ4n) is 4.26. The van der Waals surface area contributed by atoms with E-state index in [2.05, 4.69) is 22.0 Å². The predicted octanol–water partition coefficient (Wildman–Crippen LogP) is 3.13. The fraction of sp³-hybridized carbons (Fsp3) is 0.500. The maximum Gasteiger partial charge on any atom is 0.338 e. The van der Waals surface area contributed by atoms with Crippen LogP contribution >= 0.6 is 0 Å². The molecule has 4 nitrogen and oxygen atoms in total. The van der Waals surface area contributed by atoms with Gasteiger partial charge in [-0.15, -0.1) is 0 Å². The summed E-state index contributed by atoms with van der Waals surface area (Å²) in [5, 5.41) is 10.3. The van der Waals surface area contributed by atoms with Crippen molar-refractivity contribution in [2.45, 2.75) is 45.1 Å². The van der Waals surface area contributed by atoms with Gasteiger partial charge in [0.05, 0.1) is 5.56 Å². The minimum Gasteiger partial charge on any atom is -0.478 e. The van der Waals surface area contributed by atoms with Crippen molar-refractivity contribution < 1.29 is 9.90 Å². The van der Waals surface area contributed by atoms with Crippen LogP contribution in [0.25, 0.3) is 10.9 Å². The van der Waals surface area contributed by atoms with Gasteiger partial charge in [0.1, 0.15) is 0 Å². The van der Waals surface area contributed by atoms with Crippen LogP contribution in [0.1, 0.15) is 46.4 Å². The minimum absolute atomic E-state index is 0.432. The number of benzene rings is 1. The number of H-pyrrole nitrogens is 1. The topological polar surface area (TPSA) is 56.3 Å². The van der Waals surface area contributed by atoms with Crippen molar-refractivity contribution in [2.24, 2.45) is 0 Å². The number of nitrogens with zero attached hydrogens (tertiary/aromatic N) is 1. The lowest BCUT2D eigenvalue weighted by molar-refractivity contribution is 0.0698. The second-order valence-corrected chi connectivity index (χ2v) is 6.74. The van der Waals surface area contributed by atoms with Crippen molar-refractivity contribution in [3.8, 4) is 0 Å². The molecule has 2 aliphatic rings. The molecule has 22 heavy (non-hydrogen) atoms. The largest absolute Gasteiger partial charge is 0.478 e. The number of carboxylic acid groups (broad SMARTS) is 1. The highest BCUT2D eigenvalue weighted by atomic mass is 16.4. The van der Waals surface area contributed by atoms with E-state index in [4.69, 9.17) is 0 Å². The van der Waals surface area contributed by atoms with Crippen molar-refractivity contribution in [3.63, 3.8) is 0 Å². The molecule has 1 atom stereocenters. The van der Waals surface area contributed by atoms with Crippen molar-refractivity contribution in [1.29, 1.82) is 0 Å². The summed E-state index contributed by atoms with van der Waals surface area (Å²) >= 11 is 0. The number of nitrogens with one attached hydrogen (secondary N) is 1. The molecule has 2 N–H and O–H groups in total. The lowest BCUT2D eigenvalue weighted by Gasteiger charge is -2.32. The number of fused-ring (bicyclic) bond motifs is 2. The molecule has 0 bridgehead atoms. The Kier molecular flexibility index (Phi) is 3.22. The third-order valence-corrected chi connectivity index (χ3v) is 5.38. The molecule has 1 aromatic carbocycles. The Labute approximate surface area is 130 Å². The van der Waals surface area contributed by atoms with Gasteiger partial charge >= 0.3 is 5.97 Å². The Morgan fingerprint density at radius 1 is 1.27 bits per heavy atom. The number of aromatic amines is 1. The van der Waals surface area contributed by atoms with Crippen LogP contribution in [0.3, 0.4) is 0 Å². The molecule has 1 saturated heterocycles. The van der Waals surface area contributed by atoms with Gasteiger partial charge in [-0.25, -0.2) is 4.79 Å². The van der Waals surface area contributed by atoms with Gasteiger partial charge in [0.2, 0.25) is 0 Å². The van der Waals surface area contributed by atoms with Crippen LogP contribution in [-0.2, 0) is 12.8 Å². The lowest BCUT2D eigenvalue weighted by Crippen LogP contribution is -2.37. The third-order valence-electron chi connectivity index (χ3n) is 5.38. The number of aryl methyl sites for hydroxylation is 2. The molecule has 1 aromatic heterocycles. The molecular weight excluding hydrogens is 276 g/mol. The van der Waals surface area contributed by atoms with E-state index in [9.17, 15) is 9.90 Å². The summed E-state index contributed by atoms with van der Waals surface area (Å²) in [5.74, 6) is -0.837. The standard InChI is InChI=1S/C18H22N2O2/c1-11-17(18(21)22)15-9-13-8-14(20-6-2-3-7-20)5-4-12(13)10-16(15)19-11/h9-10,14,19H,2-8H2,1H3,(H,21,22). The first kappa shape index (κ1) is 13.8. The Morgan fingerprint density at radius 3 is 2.77 bits per heavy atom. The number of hydrogen-bond donors (Lipinski definition) is 2. The lowest BCUT2D eigenvalue weighted by atomic mass is 9.86. The van der Waals surface area contributed by atoms with Gasteiger partial charge in [-0.05, 0) is 75.4 Å². The van der Waals surface area contributed by atoms with Crippen LogP contribution in [0.2, 0.25) is 0 Å². The van der Waals surface area contributed by atoms with Gasteiger partial charge in [-0.3, -0.25) is 0 Å². The van der Waals surface area contributed by atoms with E-state index >= 15 is 0 Å². The summed E-state index contributed by atoms with van der Waals surface area (Å²) in [6.07, 6.45) is 6.04. The predicted molar refractivity (Wildman–Crippen MR) is 86.6 cm³/mol. The van der Waals surface area contributed by atoms with E-state index < -0.39 is 5.97 Å². The SMILES string of the molecule is Cc1[nH]c2cc3c(cc2c1C(=O)O)CC(N1CCCC1)CC3. The van der Waals surface area contributed by atoms with Crippen molar-refractivity contribution in [2.75, 3.05) is 13.1 Å². The molecule has 1 unspecified atom stereocenters. The van der Waals surface area contributed by atoms with E-state index in [1.165, 1.54) is 43.5 Å². The van der Waals surface area contributed by atoms with Crippen LogP contribution in [0.15, 0.2) is 12.1 Å². The quantitative estimate of drug-likeness (QED) is 0.895. The van der Waals surface area contributed by atoms with Crippen LogP contribution in [0, 0.1) is 6.92 Å². The molecule has 2 heterocycles. The van der Waals surface area contributed by atoms with Crippen molar-refractivity contribution in [1.82, 2.24) is 9.88 Å². The Morgan fingerprint density at radius 2 is 2.05 bits per heavy atom. The summed E-state index contributed by atoms with van der Waals surface area (Å²) in [4.78, 5) is 17.4. The van der Waals surface area contributed by atoms with E-state index in [1.807, 2.05) is 6.92 Å². The van der Waals surface area contributed by atoms with Gasteiger partial charge in [-0.2, -0.15) is 0 Å². The van der Waals surface area contributed by atoms with Crippen molar-refractivity contribution >= 4 is 16.9 Å². The molecule has 1 aliphatic carbocycles. The molecule has 0 amide bonds. The summed E-state index contributed by atoms with van der Waals surface area (Å²) in [6.45, 7) is 4.30. The van der Waals surface area contributed by atoms with Gasteiger partial charge in [0.15, 0.2) is 0 Å². The van der Waals surface area contributed by atoms with E-state index in [-0.39, 0.29) is 0 Å². The zero-order valence-electron chi connectivity index (χ0n) is 13.0. The highest BCUT2D eigenvalue weighted by molar-refractivity contribution is 6.05. The fourth-order valence-corrected chi connectivity index (χ4v) is 4.26. The molecule has 4 rings (SSSR count). The first-order chi connectivity index (χ1) is 10.6. The van der Waals surface area contributed by atoms with Crippen molar-refractivity contribution in [3.05, 3.63) is 34.5 Å². The summed E-state index contributed by atoms with van der Waals surface area (Å²) in [6, 6.07) is 4.94. The third kappa shape index (κ3) is 2.13. The van der Waals surface area contributed by atoms with Crippen LogP contribution < -0.4 is 0 Å². The zero-order chi connectivity index (χ0) is 15.3. The van der Waals surface area contributed by atoms with E-state index in [0.29, 0.717) is 11.6 Å². The molecular formula is C18H22N2O2. The van der Waals surface area contributed by atoms with E-state index in [0.717, 1.165) is 29.4 Å². The Balaban J connectivity index is 1.74. The molecule has 4 heteroatoms. The van der Waals surface area contributed by atoms with E-state index in [1.54, 1.807) is 0 Å². The number of likely N-dealkylation sites (tertiary alicyclic amines) is 1. The molecule has 0 radical (unpaired) electrons. The maximum atomic E-state index is 11.5. The van der Waals surface area contributed by atoms with Gasteiger partial charge in [0, 0.05) is 22.6 Å². The average Bonchev–Trinajstić information content (AvgIpc) is 3.10. The van der Waals surface area contributed by atoms with Gasteiger partial charge in [-0.1, -0.05) is 0 Å². The van der Waals surface area contributed by atoms with Gasteiger partial charge in [0.25, 0.3) is 0 Å². The molecule has 1 aliphatic heterocycles. The highest BCUT2D eigenvalue weighted by Gasteiger charge is 2.27. The smallest absolute Gasteiger partial charge is 0.338 e.